The zero-order valence-corrected chi connectivity index (χ0v) is 35.6. The molecule has 5 rings (SSSR count). The highest BCUT2D eigenvalue weighted by atomic mass is 16.5. The van der Waals surface area contributed by atoms with Gasteiger partial charge < -0.3 is 59.2 Å². The number of aromatic nitrogens is 4. The first-order chi connectivity index (χ1) is 29.7. The van der Waals surface area contributed by atoms with Crippen LogP contribution < -0.4 is 25.4 Å². The van der Waals surface area contributed by atoms with E-state index in [0.29, 0.717) is 69.7 Å². The lowest BCUT2D eigenvalue weighted by molar-refractivity contribution is -0.134. The molecule has 3 heterocycles. The molecule has 330 valence electrons. The number of carbonyl (C=O) groups is 4. The summed E-state index contributed by atoms with van der Waals surface area (Å²) in [4.78, 5) is 66.7. The molecule has 4 amide bonds. The summed E-state index contributed by atoms with van der Waals surface area (Å²) >= 11 is 0. The van der Waals surface area contributed by atoms with Gasteiger partial charge in [0.15, 0.2) is 0 Å². The van der Waals surface area contributed by atoms with Crippen molar-refractivity contribution >= 4 is 24.0 Å². The molecule has 2 unspecified atom stereocenters. The number of H-pyrrole nitrogens is 2. The summed E-state index contributed by atoms with van der Waals surface area (Å²) in [5, 5.41) is 7.83. The van der Waals surface area contributed by atoms with Crippen LogP contribution in [0.5, 0.6) is 11.5 Å². The molecular weight excluding hydrogens is 789 g/mol. The van der Waals surface area contributed by atoms with Crippen LogP contribution >= 0.6 is 0 Å². The highest BCUT2D eigenvalue weighted by Crippen LogP contribution is 2.41. The van der Waals surface area contributed by atoms with Crippen molar-refractivity contribution in [2.24, 2.45) is 0 Å². The molecule has 0 bridgehead atoms. The van der Waals surface area contributed by atoms with Crippen molar-refractivity contribution in [2.45, 2.75) is 64.0 Å². The Morgan fingerprint density at radius 1 is 0.803 bits per heavy atom. The second-order valence-electron chi connectivity index (χ2n) is 14.3. The molecule has 0 saturated carbocycles. The fourth-order valence-corrected chi connectivity index (χ4v) is 7.02. The number of benzene rings is 2. The maximum absolute atomic E-state index is 13.7. The number of amides is 4. The van der Waals surface area contributed by atoms with E-state index in [-0.39, 0.29) is 24.4 Å². The van der Waals surface area contributed by atoms with Crippen molar-refractivity contribution in [2.75, 3.05) is 74.5 Å². The van der Waals surface area contributed by atoms with Gasteiger partial charge in [-0.05, 0) is 56.4 Å². The molecule has 0 aliphatic carbocycles. The summed E-state index contributed by atoms with van der Waals surface area (Å²) in [6.45, 7) is 4.27. The maximum Gasteiger partial charge on any atom is 0.407 e. The minimum absolute atomic E-state index is 0.143. The first-order valence-electron chi connectivity index (χ1n) is 20.5. The number of unbranched alkanes of at least 4 members (excludes halogenated alkanes) is 1. The molecule has 18 heteroatoms. The maximum atomic E-state index is 13.7. The minimum atomic E-state index is -0.684. The summed E-state index contributed by atoms with van der Waals surface area (Å²) in [5.41, 5.74) is 4.92. The van der Waals surface area contributed by atoms with Crippen LogP contribution in [0.2, 0.25) is 0 Å². The smallest absolute Gasteiger partial charge is 0.407 e. The van der Waals surface area contributed by atoms with E-state index in [1.54, 1.807) is 31.5 Å². The van der Waals surface area contributed by atoms with Gasteiger partial charge in [0.2, 0.25) is 11.8 Å². The van der Waals surface area contributed by atoms with Gasteiger partial charge in [0.25, 0.3) is 0 Å². The van der Waals surface area contributed by atoms with E-state index in [1.807, 2.05) is 43.3 Å². The number of methoxy groups -OCH3 is 4. The Morgan fingerprint density at radius 3 is 2.07 bits per heavy atom. The third-order valence-electron chi connectivity index (χ3n) is 10.1. The molecule has 2 aromatic heterocycles. The van der Waals surface area contributed by atoms with Crippen molar-refractivity contribution in [1.29, 1.82) is 0 Å². The number of aromatic amines is 2. The summed E-state index contributed by atoms with van der Waals surface area (Å²) in [6, 6.07) is 10.9. The summed E-state index contributed by atoms with van der Waals surface area (Å²) in [7, 11) is 5.77. The van der Waals surface area contributed by atoms with Crippen molar-refractivity contribution in [1.82, 2.24) is 40.8 Å². The molecule has 1 fully saturated rings. The number of likely N-dealkylation sites (tertiary alicyclic amines) is 1. The van der Waals surface area contributed by atoms with E-state index < -0.39 is 18.2 Å². The van der Waals surface area contributed by atoms with Gasteiger partial charge in [0, 0.05) is 56.0 Å². The van der Waals surface area contributed by atoms with Gasteiger partial charge in [-0.15, -0.1) is 0 Å². The average Bonchev–Trinajstić information content (AvgIpc) is 4.07. The van der Waals surface area contributed by atoms with Crippen LogP contribution in [-0.4, -0.2) is 129 Å². The Balaban J connectivity index is 1.33. The standard InChI is InChI=1S/C43H58N8O10/c1-6-10-32(50-43(55)59-5)41(53)51-18-9-11-35(51)40-46-26-34(49-40)29-14-16-31(37(24-29)61-22-20-57-3)30-15-13-28(23-36(30)60-21-19-56-2)33-25-45-38(48-33)12-7-8-17-44-39(52)27-47-42(54)58-4/h13-16,23-26,32,35H,6-12,17-22,27H2,1-5H3,(H,44,52)(H,45,48)(H,46,49)(H,47,54)(H,50,55). The molecule has 1 aliphatic heterocycles. The Morgan fingerprint density at radius 2 is 1.44 bits per heavy atom. The van der Waals surface area contributed by atoms with Crippen LogP contribution in [0.4, 0.5) is 9.59 Å². The molecule has 18 nitrogen and oxygen atoms in total. The van der Waals surface area contributed by atoms with Gasteiger partial charge in [-0.3, -0.25) is 9.59 Å². The number of hydrogen-bond donors (Lipinski definition) is 5. The largest absolute Gasteiger partial charge is 0.491 e. The number of ether oxygens (including phenoxy) is 6. The van der Waals surface area contributed by atoms with E-state index in [0.717, 1.165) is 71.6 Å². The van der Waals surface area contributed by atoms with Crippen LogP contribution in [0.1, 0.15) is 63.1 Å². The van der Waals surface area contributed by atoms with E-state index in [1.165, 1.54) is 14.2 Å². The molecule has 0 spiro atoms. The van der Waals surface area contributed by atoms with Gasteiger partial charge in [-0.25, -0.2) is 19.6 Å². The van der Waals surface area contributed by atoms with Crippen LogP contribution in [0.15, 0.2) is 48.8 Å². The lowest BCUT2D eigenvalue weighted by Gasteiger charge is -2.28. The normalized spacial score (nSPS) is 14.0. The SMILES string of the molecule is CCCC(NC(=O)OC)C(=O)N1CCCC1c1ncc(-c2ccc(-c3ccc(-c4cnc(CCCCNC(=O)CNC(=O)OC)[nH]4)cc3OCCOC)c(OCCOC)c2)[nH]1. The predicted molar refractivity (Wildman–Crippen MR) is 226 cm³/mol. The fraction of sp³-hybridized carbons (Fsp3) is 0.488. The van der Waals surface area contributed by atoms with E-state index in [4.69, 9.17) is 28.7 Å². The second kappa shape index (κ2) is 23.6. The summed E-state index contributed by atoms with van der Waals surface area (Å²) in [5.74, 6) is 2.28. The first-order valence-corrected chi connectivity index (χ1v) is 20.5. The third-order valence-corrected chi connectivity index (χ3v) is 10.1. The Labute approximate surface area is 355 Å². The van der Waals surface area contributed by atoms with Gasteiger partial charge >= 0.3 is 12.2 Å². The topological polar surface area (TPSA) is 220 Å². The van der Waals surface area contributed by atoms with E-state index in [9.17, 15) is 19.2 Å². The molecule has 2 atom stereocenters. The Kier molecular flexibility index (Phi) is 17.8. The van der Waals surface area contributed by atoms with Crippen LogP contribution in [0, 0.1) is 0 Å². The number of rotatable bonds is 23. The molecule has 1 saturated heterocycles. The zero-order chi connectivity index (χ0) is 43.6. The lowest BCUT2D eigenvalue weighted by atomic mass is 9.98. The van der Waals surface area contributed by atoms with Gasteiger partial charge in [0.1, 0.15) is 42.4 Å². The second-order valence-corrected chi connectivity index (χ2v) is 14.3. The number of nitrogens with one attached hydrogen (secondary N) is 5. The number of hydrogen-bond acceptors (Lipinski definition) is 12. The zero-order valence-electron chi connectivity index (χ0n) is 35.6. The van der Waals surface area contributed by atoms with Crippen molar-refractivity contribution < 1.29 is 47.6 Å². The third kappa shape index (κ3) is 12.9. The molecule has 0 radical (unpaired) electrons. The number of alkyl carbamates (subject to hydrolysis) is 2. The lowest BCUT2D eigenvalue weighted by Crippen LogP contribution is -2.48. The molecule has 61 heavy (non-hydrogen) atoms. The number of aryl methyl sites for hydroxylation is 1. The van der Waals surface area contributed by atoms with Gasteiger partial charge in [0.05, 0.1) is 63.8 Å². The molecule has 2 aromatic carbocycles. The molecule has 1 aliphatic rings. The van der Waals surface area contributed by atoms with Crippen molar-refractivity contribution in [3.63, 3.8) is 0 Å². The monoisotopic (exact) mass is 846 g/mol. The number of imidazole rings is 2. The molecule has 4 aromatic rings. The van der Waals surface area contributed by atoms with Crippen molar-refractivity contribution in [3.05, 3.63) is 60.4 Å². The summed E-state index contributed by atoms with van der Waals surface area (Å²) < 4.78 is 32.5. The van der Waals surface area contributed by atoms with Crippen LogP contribution in [-0.2, 0) is 35.0 Å². The van der Waals surface area contributed by atoms with Crippen LogP contribution in [0.3, 0.4) is 0 Å². The quantitative estimate of drug-likeness (QED) is 0.0611. The highest BCUT2D eigenvalue weighted by molar-refractivity contribution is 5.86. The minimum Gasteiger partial charge on any atom is -0.491 e. The number of carbonyl (C=O) groups excluding carboxylic acids is 4. The van der Waals surface area contributed by atoms with Crippen molar-refractivity contribution in [3.8, 4) is 45.1 Å². The highest BCUT2D eigenvalue weighted by Gasteiger charge is 2.36. The first kappa shape index (κ1) is 45.9. The number of nitrogens with zero attached hydrogens (tertiary/aromatic N) is 3. The van der Waals surface area contributed by atoms with Gasteiger partial charge in [-0.2, -0.15) is 0 Å². The van der Waals surface area contributed by atoms with Gasteiger partial charge in [-0.1, -0.05) is 25.5 Å². The van der Waals surface area contributed by atoms with E-state index in [2.05, 4.69) is 35.6 Å². The van der Waals surface area contributed by atoms with E-state index >= 15 is 0 Å². The fourth-order valence-electron chi connectivity index (χ4n) is 7.02. The Bertz CT molecular complexity index is 2050. The predicted octanol–water partition coefficient (Wildman–Crippen LogP) is 5.17. The molecular formula is C43H58N8O10. The van der Waals surface area contributed by atoms with Crippen LogP contribution in [0.25, 0.3) is 33.6 Å². The molecule has 5 N–H and O–H groups in total. The average molecular weight is 847 g/mol. The Hall–Kier alpha value is -6.14. The summed E-state index contributed by atoms with van der Waals surface area (Å²) in [6.07, 6.45) is 7.24.